The van der Waals surface area contributed by atoms with Gasteiger partial charge in [-0.25, -0.2) is 13.6 Å². The molecule has 1 N–H and O–H groups in total. The Morgan fingerprint density at radius 1 is 1.38 bits per heavy atom. The maximum Gasteiger partial charge on any atom is 0.343 e. The number of rotatable bonds is 6. The topological polar surface area (TPSA) is 68.1 Å². The van der Waals surface area contributed by atoms with Gasteiger partial charge in [0.05, 0.1) is 25.3 Å². The third-order valence-electron chi connectivity index (χ3n) is 3.29. The zero-order valence-corrected chi connectivity index (χ0v) is 13.1. The van der Waals surface area contributed by atoms with E-state index in [4.69, 9.17) is 4.74 Å². The molecule has 24 heavy (non-hydrogen) atoms. The number of halogens is 3. The molecular formula is C16H16F3NO4. The van der Waals surface area contributed by atoms with E-state index in [1.165, 1.54) is 0 Å². The maximum absolute atomic E-state index is 14.3. The first-order valence-electron chi connectivity index (χ1n) is 7.26. The first kappa shape index (κ1) is 17.8. The number of carbonyl (C=O) groups is 1. The first-order valence-corrected chi connectivity index (χ1v) is 7.26. The van der Waals surface area contributed by atoms with E-state index in [0.717, 1.165) is 26.2 Å². The maximum atomic E-state index is 14.3. The number of aliphatic hydroxyl groups is 1. The Morgan fingerprint density at radius 2 is 2.04 bits per heavy atom. The highest BCUT2D eigenvalue weighted by molar-refractivity contribution is 6.15. The van der Waals surface area contributed by atoms with Gasteiger partial charge in [-0.1, -0.05) is 0 Å². The Kier molecular flexibility index (Phi) is 5.48. The Morgan fingerprint density at radius 3 is 2.58 bits per heavy atom. The van der Waals surface area contributed by atoms with Crippen molar-refractivity contribution >= 4 is 17.9 Å². The average Bonchev–Trinajstić information content (AvgIpc) is 3.36. The zero-order valence-electron chi connectivity index (χ0n) is 13.1. The van der Waals surface area contributed by atoms with Crippen LogP contribution in [0.4, 0.5) is 13.2 Å². The van der Waals surface area contributed by atoms with Crippen LogP contribution in [-0.2, 0) is 9.53 Å². The lowest BCUT2D eigenvalue weighted by Crippen LogP contribution is -2.13. The highest BCUT2D eigenvalue weighted by Gasteiger charge is 2.26. The molecule has 0 aromatic heterocycles. The van der Waals surface area contributed by atoms with Crippen molar-refractivity contribution in [2.75, 3.05) is 13.7 Å². The Hall–Kier alpha value is -2.51. The van der Waals surface area contributed by atoms with E-state index >= 15 is 0 Å². The number of esters is 1. The largest absolute Gasteiger partial charge is 0.506 e. The van der Waals surface area contributed by atoms with Crippen molar-refractivity contribution in [1.82, 2.24) is 0 Å². The number of carbonyl (C=O) groups excluding carboxylic acids is 1. The zero-order chi connectivity index (χ0) is 17.9. The molecule has 0 bridgehead atoms. The Bertz CT molecular complexity index is 712. The molecule has 1 saturated carbocycles. The molecule has 0 aliphatic heterocycles. The molecule has 1 aliphatic carbocycles. The molecule has 1 fully saturated rings. The van der Waals surface area contributed by atoms with Gasteiger partial charge in [-0.05, 0) is 25.8 Å². The number of nitrogens with zero attached hydrogens (tertiary/aromatic N) is 1. The van der Waals surface area contributed by atoms with Gasteiger partial charge in [-0.2, -0.15) is 4.39 Å². The molecule has 2 rings (SSSR count). The van der Waals surface area contributed by atoms with Gasteiger partial charge in [0.15, 0.2) is 17.4 Å². The van der Waals surface area contributed by atoms with Gasteiger partial charge in [0.1, 0.15) is 11.3 Å². The molecule has 1 aromatic carbocycles. The lowest BCUT2D eigenvalue weighted by Gasteiger charge is -2.11. The van der Waals surface area contributed by atoms with Crippen LogP contribution in [0.1, 0.15) is 25.3 Å². The Balaban J connectivity index is 2.57. The fourth-order valence-electron chi connectivity index (χ4n) is 1.90. The summed E-state index contributed by atoms with van der Waals surface area (Å²) in [7, 11) is 0.951. The van der Waals surface area contributed by atoms with E-state index in [-0.39, 0.29) is 12.6 Å². The van der Waals surface area contributed by atoms with Gasteiger partial charge >= 0.3 is 5.97 Å². The van der Waals surface area contributed by atoms with E-state index in [2.05, 4.69) is 9.73 Å². The van der Waals surface area contributed by atoms with Gasteiger partial charge < -0.3 is 14.6 Å². The van der Waals surface area contributed by atoms with E-state index in [1.807, 2.05) is 0 Å². The number of hydrogen-bond acceptors (Lipinski definition) is 5. The van der Waals surface area contributed by atoms with E-state index in [9.17, 15) is 23.1 Å². The average molecular weight is 343 g/mol. The molecule has 0 spiro atoms. The summed E-state index contributed by atoms with van der Waals surface area (Å²) in [6.07, 6.45) is 2.72. The van der Waals surface area contributed by atoms with Crippen molar-refractivity contribution in [3.63, 3.8) is 0 Å². The number of aliphatic imine (C=N–C) groups is 1. The predicted octanol–water partition coefficient (Wildman–Crippen LogP) is 3.18. The van der Waals surface area contributed by atoms with Crippen LogP contribution in [-0.4, -0.2) is 37.0 Å². The van der Waals surface area contributed by atoms with Crippen molar-refractivity contribution in [1.29, 1.82) is 0 Å². The normalized spacial score (nSPS) is 15.4. The van der Waals surface area contributed by atoms with Crippen molar-refractivity contribution in [3.05, 3.63) is 34.7 Å². The summed E-state index contributed by atoms with van der Waals surface area (Å²) < 4.78 is 50.6. The molecule has 0 unspecified atom stereocenters. The molecule has 8 heteroatoms. The second-order valence-electron chi connectivity index (χ2n) is 5.06. The minimum atomic E-state index is -1.53. The smallest absolute Gasteiger partial charge is 0.343 e. The third kappa shape index (κ3) is 3.69. The molecule has 0 atom stereocenters. The first-order chi connectivity index (χ1) is 11.4. The minimum Gasteiger partial charge on any atom is -0.506 e. The molecule has 0 heterocycles. The summed E-state index contributed by atoms with van der Waals surface area (Å²) in [5, 5.41) is 10.2. The summed E-state index contributed by atoms with van der Waals surface area (Å²) in [5.74, 6) is -7.17. The number of aliphatic hydroxyl groups excluding tert-OH is 1. The van der Waals surface area contributed by atoms with Crippen LogP contribution >= 0.6 is 0 Å². The summed E-state index contributed by atoms with van der Waals surface area (Å²) in [6, 6.07) is 0.457. The summed E-state index contributed by atoms with van der Waals surface area (Å²) in [4.78, 5) is 16.0. The minimum absolute atomic E-state index is 0.0104. The highest BCUT2D eigenvalue weighted by atomic mass is 19.2. The standard InChI is InChI=1S/C16H16F3NO4/c1-3-24-16(22)10(7-20-8-4-5-8)14(21)9-6-11(17)13(19)15(23-2)12(9)18/h6-8,21H,3-5H2,1-2H3. The molecule has 0 amide bonds. The van der Waals surface area contributed by atoms with E-state index in [1.54, 1.807) is 6.92 Å². The summed E-state index contributed by atoms with van der Waals surface area (Å²) >= 11 is 0. The fourth-order valence-corrected chi connectivity index (χ4v) is 1.90. The predicted molar refractivity (Wildman–Crippen MR) is 80.6 cm³/mol. The molecular weight excluding hydrogens is 327 g/mol. The quantitative estimate of drug-likeness (QED) is 0.283. The molecule has 1 aliphatic rings. The van der Waals surface area contributed by atoms with Gasteiger partial charge in [0.25, 0.3) is 0 Å². The lowest BCUT2D eigenvalue weighted by atomic mass is 10.1. The van der Waals surface area contributed by atoms with Crippen molar-refractivity contribution in [3.8, 4) is 5.75 Å². The summed E-state index contributed by atoms with van der Waals surface area (Å²) in [6.45, 7) is 1.56. The molecule has 5 nitrogen and oxygen atoms in total. The second-order valence-corrected chi connectivity index (χ2v) is 5.06. The van der Waals surface area contributed by atoms with Crippen molar-refractivity contribution in [2.45, 2.75) is 25.8 Å². The SMILES string of the molecule is CCOC(=O)C(C=NC1CC1)=C(O)c1cc(F)c(F)c(OC)c1F. The molecule has 1 aromatic rings. The number of ether oxygens (including phenoxy) is 2. The van der Waals surface area contributed by atoms with Crippen molar-refractivity contribution in [2.24, 2.45) is 4.99 Å². The van der Waals surface area contributed by atoms with Crippen LogP contribution in [0.3, 0.4) is 0 Å². The molecule has 130 valence electrons. The molecule has 0 radical (unpaired) electrons. The Labute approximate surface area is 136 Å². The second kappa shape index (κ2) is 7.37. The van der Waals surface area contributed by atoms with Gasteiger partial charge in [-0.15, -0.1) is 0 Å². The van der Waals surface area contributed by atoms with Crippen molar-refractivity contribution < 1.29 is 32.5 Å². The number of hydrogen-bond donors (Lipinski definition) is 1. The van der Waals surface area contributed by atoms with Crippen LogP contribution < -0.4 is 4.74 Å². The van der Waals surface area contributed by atoms with Crippen LogP contribution in [0.2, 0.25) is 0 Å². The van der Waals surface area contributed by atoms with Crippen LogP contribution in [0.25, 0.3) is 5.76 Å². The van der Waals surface area contributed by atoms with E-state index < -0.39 is 46.1 Å². The monoisotopic (exact) mass is 343 g/mol. The fraction of sp³-hybridized carbons (Fsp3) is 0.375. The number of benzene rings is 1. The van der Waals surface area contributed by atoms with E-state index in [0.29, 0.717) is 6.07 Å². The van der Waals surface area contributed by atoms with Crippen LogP contribution in [0, 0.1) is 17.5 Å². The molecule has 0 saturated heterocycles. The van der Waals surface area contributed by atoms with Gasteiger partial charge in [0.2, 0.25) is 5.82 Å². The number of methoxy groups -OCH3 is 1. The summed E-state index contributed by atoms with van der Waals surface area (Å²) in [5.41, 5.74) is -1.17. The highest BCUT2D eigenvalue weighted by Crippen LogP contribution is 2.31. The van der Waals surface area contributed by atoms with Crippen LogP contribution in [0.5, 0.6) is 5.75 Å². The third-order valence-corrected chi connectivity index (χ3v) is 3.29. The van der Waals surface area contributed by atoms with Gasteiger partial charge in [-0.3, -0.25) is 4.99 Å². The lowest BCUT2D eigenvalue weighted by molar-refractivity contribution is -0.137. The van der Waals surface area contributed by atoms with Gasteiger partial charge in [0, 0.05) is 6.21 Å². The van der Waals surface area contributed by atoms with Crippen LogP contribution in [0.15, 0.2) is 16.6 Å².